The van der Waals surface area contributed by atoms with Gasteiger partial charge in [0.2, 0.25) is 0 Å². The van der Waals surface area contributed by atoms with Crippen LogP contribution in [0.25, 0.3) is 0 Å². The van der Waals surface area contributed by atoms with Crippen molar-refractivity contribution in [3.8, 4) is 6.07 Å². The summed E-state index contributed by atoms with van der Waals surface area (Å²) < 4.78 is 0. The standard InChI is InChI=1S/C12H15N3O3/c1-8(12(2,3)16)14-10-5-4-9(7-13)6-11(10)15(17)18/h4-6,8,14,16H,1-3H3. The van der Waals surface area contributed by atoms with Crippen LogP contribution in [0.3, 0.4) is 0 Å². The Labute approximate surface area is 105 Å². The monoisotopic (exact) mass is 249 g/mol. The Kier molecular flexibility index (Phi) is 3.89. The Balaban J connectivity index is 3.10. The summed E-state index contributed by atoms with van der Waals surface area (Å²) in [5, 5.41) is 32.3. The Morgan fingerprint density at radius 3 is 2.61 bits per heavy atom. The fraction of sp³-hybridized carbons (Fsp3) is 0.417. The summed E-state index contributed by atoms with van der Waals surface area (Å²) in [6, 6.07) is 5.65. The number of hydrogen-bond donors (Lipinski definition) is 2. The first-order valence-electron chi connectivity index (χ1n) is 5.43. The summed E-state index contributed by atoms with van der Waals surface area (Å²) in [5.74, 6) is 0. The van der Waals surface area contributed by atoms with Crippen molar-refractivity contribution in [1.82, 2.24) is 0 Å². The zero-order chi connectivity index (χ0) is 13.9. The van der Waals surface area contributed by atoms with E-state index in [1.54, 1.807) is 20.8 Å². The molecule has 1 atom stereocenters. The van der Waals surface area contributed by atoms with E-state index in [1.165, 1.54) is 18.2 Å². The number of rotatable bonds is 4. The van der Waals surface area contributed by atoms with Gasteiger partial charge >= 0.3 is 0 Å². The van der Waals surface area contributed by atoms with Crippen molar-refractivity contribution in [2.24, 2.45) is 0 Å². The molecule has 1 aromatic rings. The molecule has 0 aliphatic carbocycles. The maximum absolute atomic E-state index is 10.9. The number of nitriles is 1. The zero-order valence-corrected chi connectivity index (χ0v) is 10.5. The summed E-state index contributed by atoms with van der Waals surface area (Å²) in [6.45, 7) is 4.95. The highest BCUT2D eigenvalue weighted by atomic mass is 16.6. The zero-order valence-electron chi connectivity index (χ0n) is 10.5. The molecule has 6 nitrogen and oxygen atoms in total. The van der Waals surface area contributed by atoms with Crippen LogP contribution in [0, 0.1) is 21.4 Å². The largest absolute Gasteiger partial charge is 0.388 e. The SMILES string of the molecule is CC(Nc1ccc(C#N)cc1[N+](=O)[O-])C(C)(C)O. The van der Waals surface area contributed by atoms with Crippen molar-refractivity contribution in [2.75, 3.05) is 5.32 Å². The van der Waals surface area contributed by atoms with Gasteiger partial charge < -0.3 is 10.4 Å². The molecule has 0 aliphatic rings. The molecule has 1 unspecified atom stereocenters. The first-order valence-corrected chi connectivity index (χ1v) is 5.43. The van der Waals surface area contributed by atoms with Gasteiger partial charge in [-0.3, -0.25) is 10.1 Å². The summed E-state index contributed by atoms with van der Waals surface area (Å²) in [6.07, 6.45) is 0. The van der Waals surface area contributed by atoms with Gasteiger partial charge in [-0.25, -0.2) is 0 Å². The van der Waals surface area contributed by atoms with Crippen LogP contribution in [0.1, 0.15) is 26.3 Å². The van der Waals surface area contributed by atoms with Gasteiger partial charge in [0.25, 0.3) is 5.69 Å². The van der Waals surface area contributed by atoms with Gasteiger partial charge in [-0.1, -0.05) is 0 Å². The maximum atomic E-state index is 10.9. The third-order valence-electron chi connectivity index (χ3n) is 2.76. The minimum atomic E-state index is -1.01. The molecule has 1 rings (SSSR count). The quantitative estimate of drug-likeness (QED) is 0.628. The lowest BCUT2D eigenvalue weighted by molar-refractivity contribution is -0.384. The van der Waals surface area contributed by atoms with Crippen molar-refractivity contribution < 1.29 is 10.0 Å². The molecule has 0 bridgehead atoms. The van der Waals surface area contributed by atoms with Gasteiger partial charge in [-0.15, -0.1) is 0 Å². The van der Waals surface area contributed by atoms with Crippen LogP contribution in [-0.4, -0.2) is 21.7 Å². The van der Waals surface area contributed by atoms with E-state index in [0.29, 0.717) is 0 Å². The lowest BCUT2D eigenvalue weighted by Crippen LogP contribution is -2.39. The number of nitrogens with one attached hydrogen (secondary N) is 1. The Morgan fingerprint density at radius 2 is 2.17 bits per heavy atom. The highest BCUT2D eigenvalue weighted by molar-refractivity contribution is 5.64. The fourth-order valence-electron chi connectivity index (χ4n) is 1.28. The van der Waals surface area contributed by atoms with E-state index in [9.17, 15) is 15.2 Å². The van der Waals surface area contributed by atoms with Crippen LogP contribution in [-0.2, 0) is 0 Å². The number of benzene rings is 1. The van der Waals surface area contributed by atoms with Gasteiger partial charge in [0, 0.05) is 6.07 Å². The van der Waals surface area contributed by atoms with E-state index < -0.39 is 10.5 Å². The van der Waals surface area contributed by atoms with E-state index in [4.69, 9.17) is 5.26 Å². The summed E-state index contributed by atoms with van der Waals surface area (Å²) in [5.41, 5.74) is -0.677. The number of nitro benzene ring substituents is 1. The van der Waals surface area contributed by atoms with Gasteiger partial charge in [0.05, 0.1) is 28.2 Å². The smallest absolute Gasteiger partial charge is 0.293 e. The van der Waals surface area contributed by atoms with Gasteiger partial charge in [0.15, 0.2) is 0 Å². The lowest BCUT2D eigenvalue weighted by atomic mass is 10.0. The Hall–Kier alpha value is -2.13. The average molecular weight is 249 g/mol. The summed E-state index contributed by atoms with van der Waals surface area (Å²) in [7, 11) is 0. The second-order valence-electron chi connectivity index (χ2n) is 4.62. The number of nitro groups is 1. The second kappa shape index (κ2) is 5.02. The number of nitrogens with zero attached hydrogens (tertiary/aromatic N) is 2. The van der Waals surface area contributed by atoms with E-state index >= 15 is 0 Å². The molecule has 0 radical (unpaired) electrons. The molecule has 2 N–H and O–H groups in total. The summed E-state index contributed by atoms with van der Waals surface area (Å²) in [4.78, 5) is 10.4. The molecule has 0 amide bonds. The molecule has 96 valence electrons. The van der Waals surface area contributed by atoms with Gasteiger partial charge in [0.1, 0.15) is 5.69 Å². The van der Waals surface area contributed by atoms with Crippen molar-refractivity contribution in [2.45, 2.75) is 32.4 Å². The molecule has 0 spiro atoms. The predicted octanol–water partition coefficient (Wildman–Crippen LogP) is 2.04. The van der Waals surface area contributed by atoms with Crippen molar-refractivity contribution in [3.05, 3.63) is 33.9 Å². The fourth-order valence-corrected chi connectivity index (χ4v) is 1.28. The number of anilines is 1. The summed E-state index contributed by atoms with van der Waals surface area (Å²) >= 11 is 0. The molecule has 0 saturated carbocycles. The van der Waals surface area contributed by atoms with E-state index in [-0.39, 0.29) is 23.0 Å². The molecule has 1 aromatic carbocycles. The lowest BCUT2D eigenvalue weighted by Gasteiger charge is -2.27. The highest BCUT2D eigenvalue weighted by Crippen LogP contribution is 2.27. The third kappa shape index (κ3) is 3.18. The van der Waals surface area contributed by atoms with Crippen LogP contribution >= 0.6 is 0 Å². The van der Waals surface area contributed by atoms with Crippen LogP contribution in [0.2, 0.25) is 0 Å². The highest BCUT2D eigenvalue weighted by Gasteiger charge is 2.25. The van der Waals surface area contributed by atoms with Crippen molar-refractivity contribution in [3.63, 3.8) is 0 Å². The molecule has 18 heavy (non-hydrogen) atoms. The normalized spacial score (nSPS) is 12.6. The molecule has 0 saturated heterocycles. The van der Waals surface area contributed by atoms with Crippen molar-refractivity contribution >= 4 is 11.4 Å². The van der Waals surface area contributed by atoms with E-state index in [1.807, 2.05) is 6.07 Å². The first kappa shape index (κ1) is 13.9. The van der Waals surface area contributed by atoms with Crippen LogP contribution in [0.5, 0.6) is 0 Å². The number of aliphatic hydroxyl groups is 1. The Bertz CT molecular complexity index is 500. The Morgan fingerprint density at radius 1 is 1.56 bits per heavy atom. The average Bonchev–Trinajstić information content (AvgIpc) is 2.27. The minimum Gasteiger partial charge on any atom is -0.388 e. The molecule has 0 heterocycles. The van der Waals surface area contributed by atoms with Crippen LogP contribution < -0.4 is 5.32 Å². The van der Waals surface area contributed by atoms with Gasteiger partial charge in [-0.2, -0.15) is 5.26 Å². The second-order valence-corrected chi connectivity index (χ2v) is 4.62. The molecular formula is C12H15N3O3. The molecular weight excluding hydrogens is 234 g/mol. The van der Waals surface area contributed by atoms with E-state index in [0.717, 1.165) is 0 Å². The molecule has 0 aromatic heterocycles. The molecule has 6 heteroatoms. The number of hydrogen-bond acceptors (Lipinski definition) is 5. The maximum Gasteiger partial charge on any atom is 0.293 e. The molecule has 0 fully saturated rings. The van der Waals surface area contributed by atoms with Crippen molar-refractivity contribution in [1.29, 1.82) is 5.26 Å². The first-order chi connectivity index (χ1) is 8.25. The van der Waals surface area contributed by atoms with E-state index in [2.05, 4.69) is 5.32 Å². The minimum absolute atomic E-state index is 0.176. The third-order valence-corrected chi connectivity index (χ3v) is 2.76. The topological polar surface area (TPSA) is 99.2 Å². The predicted molar refractivity (Wildman–Crippen MR) is 67.2 cm³/mol. The van der Waals surface area contributed by atoms with Gasteiger partial charge in [-0.05, 0) is 32.9 Å². The molecule has 0 aliphatic heterocycles. The van der Waals surface area contributed by atoms with Crippen LogP contribution in [0.15, 0.2) is 18.2 Å². The van der Waals surface area contributed by atoms with Crippen LogP contribution in [0.4, 0.5) is 11.4 Å².